The Labute approximate surface area is 199 Å². The Kier molecular flexibility index (Phi) is 27.1. The van der Waals surface area contributed by atoms with Gasteiger partial charge in [0.1, 0.15) is 11.6 Å². The standard InChI is InChI=1S/C7H6BrF.C7H8FN.BrH.ClH.Cu.HNO2.Na/c1-5-2-3-6(8)7(9)4-5;1-5-2-3-7(9)6(8)4-5;;;;2-1-3;/h2-4H,1H3;2-4H,9H2,1H3;2*1H;;(H,2,3);/q;;;;+1;;+1/p-2. The first-order valence-electron chi connectivity index (χ1n) is 5.81. The van der Waals surface area contributed by atoms with E-state index in [1.807, 2.05) is 19.9 Å². The molecule has 0 saturated carbocycles. The van der Waals surface area contributed by atoms with Crippen molar-refractivity contribution in [2.24, 2.45) is 5.34 Å². The van der Waals surface area contributed by atoms with Crippen LogP contribution in [-0.2, 0) is 15.1 Å². The maximum absolute atomic E-state index is 12.5. The summed E-state index contributed by atoms with van der Waals surface area (Å²) in [5.74, 6) is -0.537. The molecular weight excluding hydrogens is 548 g/mol. The van der Waals surface area contributed by atoms with Crippen LogP contribution in [0.1, 0.15) is 11.1 Å². The van der Waals surface area contributed by atoms with Gasteiger partial charge in [0.25, 0.3) is 0 Å². The molecule has 4 nitrogen and oxygen atoms in total. The molecule has 0 atom stereocenters. The molecule has 0 saturated heterocycles. The SMILES string of the molecule is Br.Cc1ccc(Br)c(F)c1.Cc1ccc(N)c(F)c1.O=N[O-].[Cl][Cu].[Na+]. The zero-order valence-electron chi connectivity index (χ0n) is 13.5. The Morgan fingerprint density at radius 3 is 1.72 bits per heavy atom. The van der Waals surface area contributed by atoms with E-state index in [9.17, 15) is 8.78 Å². The summed E-state index contributed by atoms with van der Waals surface area (Å²) in [4.78, 5) is 8.00. The minimum atomic E-state index is -0.338. The molecule has 0 aliphatic rings. The van der Waals surface area contributed by atoms with Crippen LogP contribution in [0.25, 0.3) is 0 Å². The molecule has 0 heterocycles. The van der Waals surface area contributed by atoms with Crippen molar-refractivity contribution < 1.29 is 53.4 Å². The zero-order valence-corrected chi connectivity index (χ0v) is 20.5. The fraction of sp³-hybridized carbons (Fsp3) is 0.143. The van der Waals surface area contributed by atoms with E-state index in [-0.39, 0.29) is 63.9 Å². The number of nitrogens with two attached hydrogens (primary N) is 1. The van der Waals surface area contributed by atoms with Gasteiger partial charge in [-0.25, -0.2) is 8.78 Å². The first-order chi connectivity index (χ1) is 10.8. The quantitative estimate of drug-likeness (QED) is 0.232. The van der Waals surface area contributed by atoms with Gasteiger partial charge in [-0.2, -0.15) is 0 Å². The van der Waals surface area contributed by atoms with Crippen LogP contribution in [0.3, 0.4) is 0 Å². The second-order valence-corrected chi connectivity index (χ2v) is 4.87. The number of aryl methyl sites for hydroxylation is 2. The van der Waals surface area contributed by atoms with Crippen molar-refractivity contribution in [1.29, 1.82) is 0 Å². The first kappa shape index (κ1) is 32.9. The van der Waals surface area contributed by atoms with Crippen LogP contribution in [0.4, 0.5) is 14.5 Å². The molecule has 140 valence electrons. The number of rotatable bonds is 0. The smallest absolute Gasteiger partial charge is 1.00 e. The molecule has 0 unspecified atom stereocenters. The molecule has 11 heteroatoms. The summed E-state index contributed by atoms with van der Waals surface area (Å²) in [5, 5.41) is 9.00. The average molecular weight is 563 g/mol. The van der Waals surface area contributed by atoms with Crippen molar-refractivity contribution in [2.75, 3.05) is 5.73 Å². The van der Waals surface area contributed by atoms with E-state index in [0.717, 1.165) is 16.5 Å². The van der Waals surface area contributed by atoms with Crippen molar-refractivity contribution in [2.45, 2.75) is 13.8 Å². The third kappa shape index (κ3) is 17.4. The van der Waals surface area contributed by atoms with Crippen molar-refractivity contribution in [3.8, 4) is 0 Å². The van der Waals surface area contributed by atoms with Crippen molar-refractivity contribution in [1.82, 2.24) is 0 Å². The van der Waals surface area contributed by atoms with Crippen LogP contribution >= 0.6 is 43.0 Å². The number of hydrogen-bond donors (Lipinski definition) is 1. The topological polar surface area (TPSA) is 78.5 Å². The van der Waals surface area contributed by atoms with Crippen molar-refractivity contribution in [3.05, 3.63) is 73.7 Å². The number of anilines is 1. The van der Waals surface area contributed by atoms with Crippen LogP contribution < -0.4 is 35.3 Å². The molecule has 0 aliphatic carbocycles. The van der Waals surface area contributed by atoms with Crippen LogP contribution in [0, 0.1) is 35.6 Å². The third-order valence-corrected chi connectivity index (χ3v) is 2.87. The minimum absolute atomic E-state index is 0. The average Bonchev–Trinajstić information content (AvgIpc) is 2.51. The summed E-state index contributed by atoms with van der Waals surface area (Å²) in [6.07, 6.45) is 0. The second kappa shape index (κ2) is 20.6. The van der Waals surface area contributed by atoms with Gasteiger partial charge in [0.15, 0.2) is 0 Å². The van der Waals surface area contributed by atoms with Gasteiger partial charge in [-0.05, 0) is 65.2 Å². The Bertz CT molecular complexity index is 568. The number of hydrogen-bond acceptors (Lipinski definition) is 4. The summed E-state index contributed by atoms with van der Waals surface area (Å²) in [5.41, 5.74) is 7.25. The van der Waals surface area contributed by atoms with Crippen LogP contribution in [-0.4, -0.2) is 0 Å². The van der Waals surface area contributed by atoms with Crippen LogP contribution in [0.15, 0.2) is 46.2 Å². The maximum Gasteiger partial charge on any atom is 1.00 e. The van der Waals surface area contributed by atoms with E-state index >= 15 is 0 Å². The molecule has 0 spiro atoms. The summed E-state index contributed by atoms with van der Waals surface area (Å²) in [7, 11) is 4.20. The van der Waals surface area contributed by atoms with E-state index in [4.69, 9.17) is 15.8 Å². The fourth-order valence-electron chi connectivity index (χ4n) is 1.23. The molecule has 25 heavy (non-hydrogen) atoms. The van der Waals surface area contributed by atoms with Gasteiger partial charge < -0.3 is 15.8 Å². The number of nitrogen functional groups attached to an aromatic ring is 1. The maximum atomic E-state index is 12.5. The van der Waals surface area contributed by atoms with E-state index in [0.29, 0.717) is 4.47 Å². The Hall–Kier alpha value is 0.269. The van der Waals surface area contributed by atoms with Crippen LogP contribution in [0.5, 0.6) is 0 Å². The number of nitrogens with zero attached hydrogens (tertiary/aromatic N) is 1. The monoisotopic (exact) mass is 560 g/mol. The molecular formula is C14H15Br2ClCuF2N2NaO2. The molecule has 2 N–H and O–H groups in total. The zero-order chi connectivity index (χ0) is 18.4. The van der Waals surface area contributed by atoms with E-state index in [1.165, 1.54) is 12.1 Å². The normalized spacial score (nSPS) is 7.68. The predicted octanol–water partition coefficient (Wildman–Crippen LogP) is 3.13. The molecule has 0 radical (unpaired) electrons. The molecule has 2 aromatic carbocycles. The summed E-state index contributed by atoms with van der Waals surface area (Å²) in [6, 6.07) is 9.79. The Morgan fingerprint density at radius 2 is 1.44 bits per heavy atom. The Balaban J connectivity index is -0.000000132. The number of halogens is 5. The fourth-order valence-corrected chi connectivity index (χ4v) is 1.48. The van der Waals surface area contributed by atoms with Gasteiger partial charge in [0.2, 0.25) is 0 Å². The van der Waals surface area contributed by atoms with Gasteiger partial charge in [0, 0.05) is 0 Å². The van der Waals surface area contributed by atoms with Crippen molar-refractivity contribution in [3.63, 3.8) is 0 Å². The van der Waals surface area contributed by atoms with Gasteiger partial charge in [0.05, 0.1) is 10.2 Å². The minimum Gasteiger partial charge on any atom is 1.00 e. The molecule has 0 amide bonds. The predicted molar refractivity (Wildman–Crippen MR) is 99.7 cm³/mol. The molecule has 0 bridgehead atoms. The van der Waals surface area contributed by atoms with E-state index < -0.39 is 0 Å². The van der Waals surface area contributed by atoms with Gasteiger partial charge in [-0.1, -0.05) is 12.1 Å². The summed E-state index contributed by atoms with van der Waals surface area (Å²) >= 11 is 6.71. The summed E-state index contributed by atoms with van der Waals surface area (Å²) in [6.45, 7) is 3.68. The van der Waals surface area contributed by atoms with Crippen LogP contribution in [0.2, 0.25) is 0 Å². The summed E-state index contributed by atoms with van der Waals surface area (Å²) < 4.78 is 25.5. The molecule has 2 rings (SSSR count). The van der Waals surface area contributed by atoms with E-state index in [2.05, 4.69) is 41.1 Å². The van der Waals surface area contributed by atoms with Gasteiger partial charge >= 0.3 is 54.8 Å². The van der Waals surface area contributed by atoms with Crippen molar-refractivity contribution >= 4 is 48.7 Å². The Morgan fingerprint density at radius 1 is 1.08 bits per heavy atom. The largest absolute Gasteiger partial charge is 1.00 e. The van der Waals surface area contributed by atoms with Gasteiger partial charge in [-0.3, -0.25) is 0 Å². The first-order valence-corrected chi connectivity index (χ1v) is 7.90. The molecule has 2 aromatic rings. The second-order valence-electron chi connectivity index (χ2n) is 4.02. The molecule has 0 fully saturated rings. The molecule has 0 aliphatic heterocycles. The third-order valence-electron chi connectivity index (χ3n) is 2.23. The van der Waals surface area contributed by atoms with Gasteiger partial charge in [-0.15, -0.1) is 22.3 Å². The number of benzene rings is 2. The van der Waals surface area contributed by atoms with E-state index in [1.54, 1.807) is 18.2 Å². The molecule has 0 aromatic heterocycles.